The van der Waals surface area contributed by atoms with Crippen LogP contribution >= 0.6 is 0 Å². The Labute approximate surface area is 74.5 Å². The molecule has 70 valence electrons. The first-order valence-corrected chi connectivity index (χ1v) is 5.02. The Morgan fingerprint density at radius 2 is 2.42 bits per heavy atom. The van der Waals surface area contributed by atoms with Crippen LogP contribution in [-0.4, -0.2) is 36.4 Å². The van der Waals surface area contributed by atoms with Crippen molar-refractivity contribution in [3.05, 3.63) is 0 Å². The van der Waals surface area contributed by atoms with E-state index in [9.17, 15) is 0 Å². The molecule has 3 nitrogen and oxygen atoms in total. The lowest BCUT2D eigenvalue weighted by molar-refractivity contribution is -0.859. The third kappa shape index (κ3) is 1.16. The minimum atomic E-state index is 0.402. The molecule has 2 aliphatic rings. The van der Waals surface area contributed by atoms with Crippen LogP contribution in [0.2, 0.25) is 0 Å². The third-order valence-corrected chi connectivity index (χ3v) is 3.56. The van der Waals surface area contributed by atoms with Crippen LogP contribution in [0.3, 0.4) is 0 Å². The molecule has 3 N–H and O–H groups in total. The van der Waals surface area contributed by atoms with Gasteiger partial charge < -0.3 is 5.73 Å². The number of hydrogen-bond donors (Lipinski definition) is 2. The molecule has 0 aromatic rings. The van der Waals surface area contributed by atoms with Crippen LogP contribution in [0.15, 0.2) is 0 Å². The highest BCUT2D eigenvalue weighted by Gasteiger charge is 2.63. The van der Waals surface area contributed by atoms with Gasteiger partial charge in [0.15, 0.2) is 6.17 Å². The summed E-state index contributed by atoms with van der Waals surface area (Å²) in [6.45, 7) is 8.28. The summed E-state index contributed by atoms with van der Waals surface area (Å²) in [6.07, 6.45) is 1.91. The predicted octanol–water partition coefficient (Wildman–Crippen LogP) is 0.0770. The minimum Gasteiger partial charge on any atom is -0.327 e. The molecule has 4 unspecified atom stereocenters. The molecule has 4 atom stereocenters. The van der Waals surface area contributed by atoms with E-state index in [0.29, 0.717) is 12.0 Å². The fourth-order valence-electron chi connectivity index (χ4n) is 2.28. The fraction of sp³-hybridized carbons (Fsp3) is 1.00. The molecule has 2 aliphatic heterocycles. The highest BCUT2D eigenvalue weighted by Crippen LogP contribution is 2.36. The monoisotopic (exact) mass is 170 g/mol. The van der Waals surface area contributed by atoms with Gasteiger partial charge in [0.2, 0.25) is 0 Å². The van der Waals surface area contributed by atoms with Crippen LogP contribution in [0.25, 0.3) is 0 Å². The molecule has 2 heterocycles. The van der Waals surface area contributed by atoms with Crippen molar-refractivity contribution in [3.63, 3.8) is 0 Å². The van der Waals surface area contributed by atoms with Gasteiger partial charge in [0.25, 0.3) is 0 Å². The molecular weight excluding hydrogens is 150 g/mol. The largest absolute Gasteiger partial charge is 0.327 e. The summed E-state index contributed by atoms with van der Waals surface area (Å²) < 4.78 is 1.31. The van der Waals surface area contributed by atoms with Gasteiger partial charge in [0.1, 0.15) is 13.2 Å². The average Bonchev–Trinajstić information content (AvgIpc) is 2.55. The lowest BCUT2D eigenvalue weighted by Crippen LogP contribution is -2.55. The van der Waals surface area contributed by atoms with E-state index in [4.69, 9.17) is 5.73 Å². The number of nitrogens with one attached hydrogen (secondary N) is 1. The molecule has 12 heavy (non-hydrogen) atoms. The van der Waals surface area contributed by atoms with E-state index in [0.717, 1.165) is 12.6 Å². The van der Waals surface area contributed by atoms with Crippen LogP contribution in [0.5, 0.6) is 0 Å². The van der Waals surface area contributed by atoms with E-state index in [-0.39, 0.29) is 0 Å². The number of nitrogens with two attached hydrogens (primary N) is 1. The van der Waals surface area contributed by atoms with Gasteiger partial charge in [-0.2, -0.15) is 0 Å². The van der Waals surface area contributed by atoms with Crippen molar-refractivity contribution in [1.29, 1.82) is 0 Å². The van der Waals surface area contributed by atoms with E-state index in [1.165, 1.54) is 24.2 Å². The summed E-state index contributed by atoms with van der Waals surface area (Å²) >= 11 is 0. The number of fused-ring (bicyclic) bond motifs is 1. The molecule has 0 aromatic heterocycles. The fourth-order valence-corrected chi connectivity index (χ4v) is 2.28. The van der Waals surface area contributed by atoms with E-state index in [2.05, 4.69) is 19.2 Å². The lowest BCUT2D eigenvalue weighted by Gasteiger charge is -2.32. The van der Waals surface area contributed by atoms with Gasteiger partial charge in [-0.25, -0.2) is 5.32 Å². The number of nitrogens with zero attached hydrogens (tertiary/aromatic N) is 1. The van der Waals surface area contributed by atoms with Crippen LogP contribution in [0.4, 0.5) is 0 Å². The molecule has 0 saturated carbocycles. The number of quaternary nitrogens is 1. The van der Waals surface area contributed by atoms with Crippen molar-refractivity contribution in [3.8, 4) is 0 Å². The summed E-state index contributed by atoms with van der Waals surface area (Å²) in [5, 5.41) is 3.42. The van der Waals surface area contributed by atoms with E-state index in [1.54, 1.807) is 0 Å². The first-order valence-electron chi connectivity index (χ1n) is 5.02. The topological polar surface area (TPSA) is 38.0 Å². The van der Waals surface area contributed by atoms with Crippen LogP contribution in [0, 0.1) is 5.92 Å². The lowest BCUT2D eigenvalue weighted by atomic mass is 10.00. The van der Waals surface area contributed by atoms with Gasteiger partial charge in [-0.05, 0) is 6.42 Å². The van der Waals surface area contributed by atoms with Crippen molar-refractivity contribution in [2.24, 2.45) is 11.7 Å². The Hall–Kier alpha value is -0.120. The molecule has 0 aromatic carbocycles. The van der Waals surface area contributed by atoms with Crippen LogP contribution < -0.4 is 11.1 Å². The molecule has 2 rings (SSSR count). The molecule has 0 spiro atoms. The highest BCUT2D eigenvalue weighted by atomic mass is 15.7. The van der Waals surface area contributed by atoms with Gasteiger partial charge in [-0.3, -0.25) is 4.48 Å². The smallest absolute Gasteiger partial charge is 0.198 e. The summed E-state index contributed by atoms with van der Waals surface area (Å²) in [7, 11) is 0. The summed E-state index contributed by atoms with van der Waals surface area (Å²) in [6, 6.07) is 0.402. The maximum absolute atomic E-state index is 5.99. The zero-order valence-corrected chi connectivity index (χ0v) is 8.09. The highest BCUT2D eigenvalue weighted by molar-refractivity contribution is 4.82. The summed E-state index contributed by atoms with van der Waals surface area (Å²) in [4.78, 5) is 0. The first kappa shape index (κ1) is 8.48. The Morgan fingerprint density at radius 1 is 1.67 bits per heavy atom. The van der Waals surface area contributed by atoms with Crippen molar-refractivity contribution in [2.45, 2.75) is 32.5 Å². The average molecular weight is 170 g/mol. The second kappa shape index (κ2) is 2.69. The molecule has 0 radical (unpaired) electrons. The van der Waals surface area contributed by atoms with Crippen molar-refractivity contribution in [1.82, 2.24) is 5.32 Å². The third-order valence-electron chi connectivity index (χ3n) is 3.56. The maximum atomic E-state index is 5.99. The van der Waals surface area contributed by atoms with E-state index in [1.807, 2.05) is 0 Å². The van der Waals surface area contributed by atoms with Crippen LogP contribution in [-0.2, 0) is 0 Å². The summed E-state index contributed by atoms with van der Waals surface area (Å²) in [5.74, 6) is 0.682. The number of hydrogen-bond acceptors (Lipinski definition) is 2. The Balaban J connectivity index is 1.79. The molecule has 0 amide bonds. The Kier molecular flexibility index (Phi) is 1.90. The Bertz CT molecular complexity index is 179. The SMILES string of the molecule is CCC(N)C(C)C[N+]12CNC1C2. The maximum Gasteiger partial charge on any atom is 0.198 e. The van der Waals surface area contributed by atoms with Crippen LogP contribution in [0.1, 0.15) is 20.3 Å². The summed E-state index contributed by atoms with van der Waals surface area (Å²) in [5.41, 5.74) is 5.99. The minimum absolute atomic E-state index is 0.402. The molecule has 0 aliphatic carbocycles. The van der Waals surface area contributed by atoms with Crippen molar-refractivity contribution < 1.29 is 4.48 Å². The van der Waals surface area contributed by atoms with Gasteiger partial charge >= 0.3 is 0 Å². The first-order chi connectivity index (χ1) is 5.68. The standard InChI is InChI=1S/C9H20N3/c1-3-8(10)7(2)4-12-5-9(12)11-6-12/h7-9,11H,3-6,10H2,1-2H3/q+1. The van der Waals surface area contributed by atoms with Gasteiger partial charge in [0, 0.05) is 12.0 Å². The zero-order chi connectivity index (χ0) is 8.77. The van der Waals surface area contributed by atoms with Gasteiger partial charge in [-0.1, -0.05) is 13.8 Å². The molecule has 0 bridgehead atoms. The quantitative estimate of drug-likeness (QED) is 0.463. The van der Waals surface area contributed by atoms with E-state index >= 15 is 0 Å². The molecule has 3 heteroatoms. The Morgan fingerprint density at radius 3 is 2.75 bits per heavy atom. The van der Waals surface area contributed by atoms with E-state index < -0.39 is 0 Å². The van der Waals surface area contributed by atoms with Gasteiger partial charge in [-0.15, -0.1) is 0 Å². The normalized spacial score (nSPS) is 42.8. The number of rotatable bonds is 4. The van der Waals surface area contributed by atoms with Crippen molar-refractivity contribution >= 4 is 0 Å². The molecular formula is C9H20N3+. The molecule has 2 fully saturated rings. The van der Waals surface area contributed by atoms with Gasteiger partial charge in [0.05, 0.1) is 6.54 Å². The second-order valence-corrected chi connectivity index (χ2v) is 4.51. The zero-order valence-electron chi connectivity index (χ0n) is 8.09. The molecule has 2 saturated heterocycles. The second-order valence-electron chi connectivity index (χ2n) is 4.51. The van der Waals surface area contributed by atoms with Crippen molar-refractivity contribution in [2.75, 3.05) is 19.8 Å². The predicted molar refractivity (Wildman–Crippen MR) is 49.2 cm³/mol.